The number of carbonyl (C=O) groups excluding carboxylic acids is 1. The molecule has 31 heavy (non-hydrogen) atoms. The molecular weight excluding hydrogens is 454 g/mol. The van der Waals surface area contributed by atoms with Crippen molar-refractivity contribution >= 4 is 39.9 Å². The molecule has 5 nitrogen and oxygen atoms in total. The van der Waals surface area contributed by atoms with E-state index in [1.807, 2.05) is 66.7 Å². The van der Waals surface area contributed by atoms with Gasteiger partial charge in [-0.15, -0.1) is 11.3 Å². The van der Waals surface area contributed by atoms with Crippen molar-refractivity contribution in [1.29, 1.82) is 0 Å². The molecule has 0 N–H and O–H groups in total. The number of hydrogen-bond donors (Lipinski definition) is 0. The van der Waals surface area contributed by atoms with Gasteiger partial charge in [0.1, 0.15) is 27.5 Å². The van der Waals surface area contributed by atoms with Gasteiger partial charge in [0, 0.05) is 9.90 Å². The van der Waals surface area contributed by atoms with Crippen molar-refractivity contribution < 1.29 is 18.5 Å². The molecule has 1 saturated carbocycles. The molecule has 2 aliphatic rings. The zero-order valence-electron chi connectivity index (χ0n) is 16.7. The Morgan fingerprint density at radius 1 is 1.13 bits per heavy atom. The smallest absolute Gasteiger partial charge is 0.328 e. The Morgan fingerprint density at radius 2 is 1.87 bits per heavy atom. The van der Waals surface area contributed by atoms with E-state index in [4.69, 9.17) is 21.1 Å². The number of nitrogens with zero attached hydrogens (tertiary/aromatic N) is 1. The number of esters is 1. The summed E-state index contributed by atoms with van der Waals surface area (Å²) in [5.41, 5.74) is 0.428. The van der Waals surface area contributed by atoms with Gasteiger partial charge in [-0.05, 0) is 41.8 Å². The molecule has 160 valence electrons. The molecule has 2 fully saturated rings. The molecule has 0 bridgehead atoms. The first-order valence-corrected chi connectivity index (χ1v) is 12.1. The van der Waals surface area contributed by atoms with Gasteiger partial charge in [0.2, 0.25) is 0 Å². The van der Waals surface area contributed by atoms with Gasteiger partial charge in [0.15, 0.2) is 0 Å². The first-order chi connectivity index (χ1) is 15.0. The maximum absolute atomic E-state index is 13.7. The van der Waals surface area contributed by atoms with Gasteiger partial charge in [-0.2, -0.15) is 4.31 Å². The molecule has 2 aromatic carbocycles. The van der Waals surface area contributed by atoms with Gasteiger partial charge >= 0.3 is 5.97 Å². The summed E-state index contributed by atoms with van der Waals surface area (Å²) in [6, 6.07) is 21.1. The number of thiophene rings is 1. The Balaban J connectivity index is 1.50. The van der Waals surface area contributed by atoms with Crippen LogP contribution in [0.2, 0.25) is 5.02 Å². The van der Waals surface area contributed by atoms with Crippen molar-refractivity contribution in [2.75, 3.05) is 20.4 Å². The maximum Gasteiger partial charge on any atom is 0.328 e. The summed E-state index contributed by atoms with van der Waals surface area (Å²) in [5.74, 6) is -0.373. The third kappa shape index (κ3) is 3.18. The average molecular weight is 474 g/mol. The highest BCUT2D eigenvalue weighted by atomic mass is 35.5. The van der Waals surface area contributed by atoms with Crippen LogP contribution in [0.1, 0.15) is 12.0 Å². The van der Waals surface area contributed by atoms with Gasteiger partial charge in [-0.1, -0.05) is 54.1 Å². The normalized spacial score (nSPS) is 26.1. The predicted octanol–water partition coefficient (Wildman–Crippen LogP) is 4.63. The van der Waals surface area contributed by atoms with Crippen LogP contribution in [-0.4, -0.2) is 40.5 Å². The Morgan fingerprint density at radius 3 is 2.58 bits per heavy atom. The molecule has 3 atom stereocenters. The lowest BCUT2D eigenvalue weighted by Crippen LogP contribution is -2.55. The number of hydrogen-bond acceptors (Lipinski definition) is 5. The van der Waals surface area contributed by atoms with Gasteiger partial charge in [-0.3, -0.25) is 0 Å². The van der Waals surface area contributed by atoms with Crippen LogP contribution in [0.5, 0.6) is 0 Å². The minimum atomic E-state index is -1.58. The van der Waals surface area contributed by atoms with Crippen molar-refractivity contribution in [3.63, 3.8) is 0 Å². The summed E-state index contributed by atoms with van der Waals surface area (Å²) in [7, 11) is -0.196. The number of rotatable bonds is 5. The molecule has 8 heteroatoms. The van der Waals surface area contributed by atoms with Crippen molar-refractivity contribution in [2.45, 2.75) is 21.6 Å². The molecule has 5 rings (SSSR count). The standard InChI is InChI=1S/C23H20ClNO4S2/c1-28-21(26)23-13-22(23,17-5-3-2-4-6-17)14-29-15-25(23)31(27)20-12-11-19(30-20)16-7-9-18(24)10-8-16/h2-12H,13-15H2,1H3. The first-order valence-electron chi connectivity index (χ1n) is 9.79. The third-order valence-electron chi connectivity index (χ3n) is 6.14. The zero-order chi connectivity index (χ0) is 21.6. The van der Waals surface area contributed by atoms with E-state index in [2.05, 4.69) is 0 Å². The summed E-state index contributed by atoms with van der Waals surface area (Å²) in [4.78, 5) is 14.0. The van der Waals surface area contributed by atoms with Crippen molar-refractivity contribution in [3.05, 3.63) is 77.3 Å². The van der Waals surface area contributed by atoms with Gasteiger partial charge in [-0.25, -0.2) is 9.00 Å². The highest BCUT2D eigenvalue weighted by molar-refractivity contribution is 7.85. The molecule has 3 aromatic rings. The third-order valence-corrected chi connectivity index (χ3v) is 9.30. The fourth-order valence-corrected chi connectivity index (χ4v) is 7.37. The Labute approximate surface area is 192 Å². The summed E-state index contributed by atoms with van der Waals surface area (Å²) in [5, 5.41) is 0.667. The largest absolute Gasteiger partial charge is 0.468 e. The van der Waals surface area contributed by atoms with Gasteiger partial charge in [0.05, 0.1) is 19.1 Å². The average Bonchev–Trinajstić information content (AvgIpc) is 3.30. The van der Waals surface area contributed by atoms with Crippen molar-refractivity contribution in [3.8, 4) is 10.4 Å². The molecule has 0 radical (unpaired) electrons. The summed E-state index contributed by atoms with van der Waals surface area (Å²) >= 11 is 7.42. The summed E-state index contributed by atoms with van der Waals surface area (Å²) in [6.45, 7) is 0.491. The van der Waals surface area contributed by atoms with Crippen LogP contribution < -0.4 is 0 Å². The first kappa shape index (κ1) is 20.8. The van der Waals surface area contributed by atoms with E-state index < -0.39 is 21.9 Å². The van der Waals surface area contributed by atoms with E-state index in [1.165, 1.54) is 18.4 Å². The Hall–Kier alpha value is -2.03. The monoisotopic (exact) mass is 473 g/mol. The lowest BCUT2D eigenvalue weighted by Gasteiger charge is -2.37. The van der Waals surface area contributed by atoms with Crippen LogP contribution in [0, 0.1) is 0 Å². The second kappa shape index (κ2) is 7.83. The molecule has 3 unspecified atom stereocenters. The van der Waals surface area contributed by atoms with E-state index in [0.29, 0.717) is 22.3 Å². The van der Waals surface area contributed by atoms with Crippen LogP contribution in [0.4, 0.5) is 0 Å². The SMILES string of the molecule is COC(=O)C12CC1(c1ccccc1)COCN2S(=O)c1ccc(-c2ccc(Cl)cc2)s1. The molecule has 1 aromatic heterocycles. The lowest BCUT2D eigenvalue weighted by molar-refractivity contribution is -0.153. The fraction of sp³-hybridized carbons (Fsp3) is 0.261. The molecule has 1 aliphatic heterocycles. The van der Waals surface area contributed by atoms with Gasteiger partial charge in [0.25, 0.3) is 0 Å². The van der Waals surface area contributed by atoms with Crippen LogP contribution >= 0.6 is 22.9 Å². The van der Waals surface area contributed by atoms with Crippen molar-refractivity contribution in [2.24, 2.45) is 0 Å². The summed E-state index contributed by atoms with van der Waals surface area (Å²) < 4.78 is 27.1. The second-order valence-electron chi connectivity index (χ2n) is 7.71. The molecule has 1 aliphatic carbocycles. The van der Waals surface area contributed by atoms with Crippen LogP contribution in [0.15, 0.2) is 70.9 Å². The minimum Gasteiger partial charge on any atom is -0.468 e. The number of methoxy groups -OCH3 is 1. The number of benzene rings is 2. The van der Waals surface area contributed by atoms with Crippen LogP contribution in [-0.2, 0) is 30.7 Å². The zero-order valence-corrected chi connectivity index (χ0v) is 19.1. The predicted molar refractivity (Wildman–Crippen MR) is 121 cm³/mol. The van der Waals surface area contributed by atoms with E-state index in [0.717, 1.165) is 16.0 Å². The molecule has 1 saturated heterocycles. The molecule has 2 heterocycles. The van der Waals surface area contributed by atoms with E-state index in [9.17, 15) is 9.00 Å². The van der Waals surface area contributed by atoms with Gasteiger partial charge < -0.3 is 9.47 Å². The molecule has 0 amide bonds. The Kier molecular flexibility index (Phi) is 5.27. The Bertz CT molecular complexity index is 1150. The topological polar surface area (TPSA) is 55.8 Å². The van der Waals surface area contributed by atoms with E-state index in [-0.39, 0.29) is 12.7 Å². The van der Waals surface area contributed by atoms with E-state index in [1.54, 1.807) is 4.31 Å². The second-order valence-corrected chi connectivity index (χ2v) is 10.9. The number of carbonyl (C=O) groups is 1. The number of ether oxygens (including phenoxy) is 2. The molecule has 0 spiro atoms. The fourth-order valence-electron chi connectivity index (χ4n) is 4.50. The van der Waals surface area contributed by atoms with Crippen LogP contribution in [0.25, 0.3) is 10.4 Å². The minimum absolute atomic E-state index is 0.102. The van der Waals surface area contributed by atoms with Crippen LogP contribution in [0.3, 0.4) is 0 Å². The number of fused-ring (bicyclic) bond motifs is 1. The summed E-state index contributed by atoms with van der Waals surface area (Å²) in [6.07, 6.45) is 0.512. The maximum atomic E-state index is 13.7. The quantitative estimate of drug-likeness (QED) is 0.507. The van der Waals surface area contributed by atoms with Crippen molar-refractivity contribution in [1.82, 2.24) is 4.31 Å². The highest BCUT2D eigenvalue weighted by Crippen LogP contribution is 2.64. The molecular formula is C23H20ClNO4S2. The van der Waals surface area contributed by atoms with E-state index >= 15 is 0 Å². The highest BCUT2D eigenvalue weighted by Gasteiger charge is 2.79. The lowest BCUT2D eigenvalue weighted by atomic mass is 9.90. The number of halogens is 1.